The van der Waals surface area contributed by atoms with Crippen molar-refractivity contribution in [1.82, 2.24) is 4.90 Å². The number of aldehydes is 1. The van der Waals surface area contributed by atoms with Gasteiger partial charge in [0.2, 0.25) is 0 Å². The maximum Gasteiger partial charge on any atom is 0.411 e. The summed E-state index contributed by atoms with van der Waals surface area (Å²) < 4.78 is 5.26. The molecule has 0 bridgehead atoms. The van der Waals surface area contributed by atoms with E-state index in [9.17, 15) is 9.59 Å². The largest absolute Gasteiger partial charge is 0.444 e. The van der Waals surface area contributed by atoms with Crippen molar-refractivity contribution in [2.75, 3.05) is 6.54 Å². The SMILES string of the molecule is C=C[C@@]1(C=O)CCCN1C(=O)OC(C)(C)C. The first-order valence-corrected chi connectivity index (χ1v) is 5.45. The van der Waals surface area contributed by atoms with Gasteiger partial charge in [0.05, 0.1) is 0 Å². The third-order valence-corrected chi connectivity index (χ3v) is 2.63. The second kappa shape index (κ2) is 4.28. The van der Waals surface area contributed by atoms with Crippen molar-refractivity contribution in [3.63, 3.8) is 0 Å². The van der Waals surface area contributed by atoms with Gasteiger partial charge in [0, 0.05) is 6.54 Å². The summed E-state index contributed by atoms with van der Waals surface area (Å²) in [6.45, 7) is 9.58. The van der Waals surface area contributed by atoms with Crippen LogP contribution in [0.4, 0.5) is 4.79 Å². The Morgan fingerprint density at radius 3 is 2.56 bits per heavy atom. The molecule has 0 aromatic rings. The molecule has 0 unspecified atom stereocenters. The summed E-state index contributed by atoms with van der Waals surface area (Å²) >= 11 is 0. The van der Waals surface area contributed by atoms with Crippen LogP contribution in [0.3, 0.4) is 0 Å². The summed E-state index contributed by atoms with van der Waals surface area (Å²) in [6.07, 6.45) is 3.27. The van der Waals surface area contributed by atoms with Gasteiger partial charge in [0.25, 0.3) is 0 Å². The predicted octanol–water partition coefficient (Wildman–Crippen LogP) is 2.14. The highest BCUT2D eigenvalue weighted by molar-refractivity contribution is 5.79. The Balaban J connectivity index is 2.83. The second-order valence-corrected chi connectivity index (χ2v) is 5.05. The molecule has 1 heterocycles. The van der Waals surface area contributed by atoms with Crippen LogP contribution in [0, 0.1) is 0 Å². The van der Waals surface area contributed by atoms with E-state index >= 15 is 0 Å². The molecule has 0 saturated carbocycles. The molecule has 0 aromatic carbocycles. The molecule has 0 radical (unpaired) electrons. The van der Waals surface area contributed by atoms with Gasteiger partial charge in [-0.3, -0.25) is 4.90 Å². The van der Waals surface area contributed by atoms with Gasteiger partial charge < -0.3 is 9.53 Å². The average molecular weight is 225 g/mol. The molecule has 1 aliphatic rings. The monoisotopic (exact) mass is 225 g/mol. The molecular weight excluding hydrogens is 206 g/mol. The first-order valence-electron chi connectivity index (χ1n) is 5.45. The van der Waals surface area contributed by atoms with Gasteiger partial charge in [-0.25, -0.2) is 4.79 Å². The topological polar surface area (TPSA) is 46.6 Å². The molecule has 0 aromatic heterocycles. The molecule has 90 valence electrons. The Kier molecular flexibility index (Phi) is 3.41. The first kappa shape index (κ1) is 12.7. The smallest absolute Gasteiger partial charge is 0.411 e. The van der Waals surface area contributed by atoms with E-state index in [-0.39, 0.29) is 0 Å². The zero-order valence-corrected chi connectivity index (χ0v) is 10.2. The third kappa shape index (κ3) is 2.43. The van der Waals surface area contributed by atoms with Gasteiger partial charge in [-0.2, -0.15) is 0 Å². The van der Waals surface area contributed by atoms with Crippen LogP contribution in [-0.4, -0.2) is 35.0 Å². The summed E-state index contributed by atoms with van der Waals surface area (Å²) in [5, 5.41) is 0. The number of ether oxygens (including phenoxy) is 1. The molecular formula is C12H19NO3. The molecule has 0 N–H and O–H groups in total. The van der Waals surface area contributed by atoms with Crippen LogP contribution < -0.4 is 0 Å². The lowest BCUT2D eigenvalue weighted by atomic mass is 9.99. The minimum Gasteiger partial charge on any atom is -0.444 e. The van der Waals surface area contributed by atoms with Gasteiger partial charge in [-0.15, -0.1) is 6.58 Å². The van der Waals surface area contributed by atoms with Crippen molar-refractivity contribution in [2.24, 2.45) is 0 Å². The average Bonchev–Trinajstić information content (AvgIpc) is 2.59. The molecule has 16 heavy (non-hydrogen) atoms. The Hall–Kier alpha value is -1.32. The van der Waals surface area contributed by atoms with Crippen molar-refractivity contribution in [2.45, 2.75) is 44.8 Å². The van der Waals surface area contributed by atoms with Gasteiger partial charge >= 0.3 is 6.09 Å². The number of likely N-dealkylation sites (tertiary alicyclic amines) is 1. The molecule has 1 rings (SSSR count). The predicted molar refractivity (Wildman–Crippen MR) is 61.2 cm³/mol. The summed E-state index contributed by atoms with van der Waals surface area (Å²) in [5.41, 5.74) is -1.42. The Morgan fingerprint density at radius 1 is 1.50 bits per heavy atom. The van der Waals surface area contributed by atoms with E-state index in [1.165, 1.54) is 11.0 Å². The van der Waals surface area contributed by atoms with E-state index in [1.54, 1.807) is 20.8 Å². The Morgan fingerprint density at radius 2 is 2.12 bits per heavy atom. The zero-order chi connectivity index (χ0) is 12.4. The molecule has 1 fully saturated rings. The summed E-state index contributed by atoms with van der Waals surface area (Å²) in [7, 11) is 0. The lowest BCUT2D eigenvalue weighted by Gasteiger charge is -2.32. The highest BCUT2D eigenvalue weighted by Crippen LogP contribution is 2.30. The van der Waals surface area contributed by atoms with E-state index in [4.69, 9.17) is 4.74 Å². The number of amides is 1. The van der Waals surface area contributed by atoms with Crippen LogP contribution in [0.25, 0.3) is 0 Å². The molecule has 1 atom stereocenters. The van der Waals surface area contributed by atoms with Crippen molar-refractivity contribution >= 4 is 12.4 Å². The van der Waals surface area contributed by atoms with Crippen molar-refractivity contribution < 1.29 is 14.3 Å². The van der Waals surface area contributed by atoms with Gasteiger partial charge in [0.1, 0.15) is 17.4 Å². The van der Waals surface area contributed by atoms with Crippen LogP contribution in [0.15, 0.2) is 12.7 Å². The highest BCUT2D eigenvalue weighted by Gasteiger charge is 2.43. The van der Waals surface area contributed by atoms with Crippen molar-refractivity contribution in [1.29, 1.82) is 0 Å². The van der Waals surface area contributed by atoms with Gasteiger partial charge in [-0.1, -0.05) is 6.08 Å². The van der Waals surface area contributed by atoms with Crippen molar-refractivity contribution in [3.8, 4) is 0 Å². The summed E-state index contributed by atoms with van der Waals surface area (Å²) in [5.74, 6) is 0. The maximum absolute atomic E-state index is 11.9. The summed E-state index contributed by atoms with van der Waals surface area (Å²) in [6, 6.07) is 0. The number of carbonyl (C=O) groups excluding carboxylic acids is 2. The number of carbonyl (C=O) groups is 2. The van der Waals surface area contributed by atoms with Gasteiger partial charge in [-0.05, 0) is 33.6 Å². The zero-order valence-electron chi connectivity index (χ0n) is 10.2. The second-order valence-electron chi connectivity index (χ2n) is 5.05. The normalized spacial score (nSPS) is 25.3. The molecule has 1 saturated heterocycles. The molecule has 4 nitrogen and oxygen atoms in total. The highest BCUT2D eigenvalue weighted by atomic mass is 16.6. The third-order valence-electron chi connectivity index (χ3n) is 2.63. The Bertz CT molecular complexity index is 296. The van der Waals surface area contributed by atoms with E-state index < -0.39 is 17.2 Å². The standard InChI is InChI=1S/C12H19NO3/c1-5-12(9-14)7-6-8-13(12)10(15)16-11(2,3)4/h5,9H,1,6-8H2,2-4H3/t12-/m0/s1. The lowest BCUT2D eigenvalue weighted by Crippen LogP contribution is -2.48. The van der Waals surface area contributed by atoms with Crippen LogP contribution in [0.1, 0.15) is 33.6 Å². The fourth-order valence-electron chi connectivity index (χ4n) is 1.82. The molecule has 1 aliphatic heterocycles. The fourth-order valence-corrected chi connectivity index (χ4v) is 1.82. The minimum absolute atomic E-state index is 0.447. The number of nitrogens with zero attached hydrogens (tertiary/aromatic N) is 1. The van der Waals surface area contributed by atoms with Crippen LogP contribution in [0.5, 0.6) is 0 Å². The summed E-state index contributed by atoms with van der Waals surface area (Å²) in [4.78, 5) is 24.5. The fraction of sp³-hybridized carbons (Fsp3) is 0.667. The first-order chi connectivity index (χ1) is 7.34. The molecule has 0 spiro atoms. The molecule has 1 amide bonds. The minimum atomic E-state index is -0.873. The van der Waals surface area contributed by atoms with Crippen LogP contribution in [0.2, 0.25) is 0 Å². The number of rotatable bonds is 2. The van der Waals surface area contributed by atoms with Crippen molar-refractivity contribution in [3.05, 3.63) is 12.7 Å². The Labute approximate surface area is 96.3 Å². The van der Waals surface area contributed by atoms with E-state index in [0.717, 1.165) is 12.7 Å². The van der Waals surface area contributed by atoms with Crippen LogP contribution >= 0.6 is 0 Å². The lowest BCUT2D eigenvalue weighted by molar-refractivity contribution is -0.114. The van der Waals surface area contributed by atoms with E-state index in [1.807, 2.05) is 0 Å². The quantitative estimate of drug-likeness (QED) is 0.534. The molecule has 4 heteroatoms. The maximum atomic E-state index is 11.9. The number of hydrogen-bond acceptors (Lipinski definition) is 3. The van der Waals surface area contributed by atoms with Crippen LogP contribution in [-0.2, 0) is 9.53 Å². The van der Waals surface area contributed by atoms with E-state index in [2.05, 4.69) is 6.58 Å². The van der Waals surface area contributed by atoms with Gasteiger partial charge in [0.15, 0.2) is 0 Å². The number of hydrogen-bond donors (Lipinski definition) is 0. The molecule has 0 aliphatic carbocycles. The van der Waals surface area contributed by atoms with E-state index in [0.29, 0.717) is 13.0 Å².